The van der Waals surface area contributed by atoms with E-state index in [1.807, 2.05) is 0 Å². The highest BCUT2D eigenvalue weighted by Crippen LogP contribution is 2.37. The average Bonchev–Trinajstić information content (AvgIpc) is 2.83. The first-order valence-corrected chi connectivity index (χ1v) is 7.48. The molecule has 1 aliphatic heterocycles. The fourth-order valence-electron chi connectivity index (χ4n) is 3.36. The molecule has 0 spiro atoms. The van der Waals surface area contributed by atoms with E-state index in [9.17, 15) is 0 Å². The number of hydrogen-bond donors (Lipinski definition) is 0. The molecule has 21 heavy (non-hydrogen) atoms. The summed E-state index contributed by atoms with van der Waals surface area (Å²) in [5, 5.41) is 1.29. The summed E-state index contributed by atoms with van der Waals surface area (Å²) < 4.78 is 2.32. The van der Waals surface area contributed by atoms with Crippen LogP contribution in [-0.2, 0) is 0 Å². The zero-order chi connectivity index (χ0) is 14.4. The number of rotatable bonds is 0. The minimum absolute atomic E-state index is 0.937. The van der Waals surface area contributed by atoms with Crippen molar-refractivity contribution in [2.45, 2.75) is 26.2 Å². The maximum atomic E-state index is 4.79. The van der Waals surface area contributed by atoms with Crippen LogP contribution < -0.4 is 0 Å². The van der Waals surface area contributed by atoms with E-state index in [4.69, 9.17) is 4.99 Å². The van der Waals surface area contributed by atoms with Crippen molar-refractivity contribution in [3.63, 3.8) is 0 Å². The number of nitrogens with zero attached hydrogens (tertiary/aromatic N) is 2. The van der Waals surface area contributed by atoms with Crippen molar-refractivity contribution in [3.05, 3.63) is 60.0 Å². The molecule has 0 amide bonds. The molecule has 0 fully saturated rings. The molecule has 0 saturated carbocycles. The van der Waals surface area contributed by atoms with Gasteiger partial charge in [0.05, 0.1) is 11.2 Å². The van der Waals surface area contributed by atoms with Crippen LogP contribution in [0.4, 0.5) is 0 Å². The van der Waals surface area contributed by atoms with E-state index < -0.39 is 0 Å². The molecule has 0 atom stereocenters. The molecule has 0 saturated heterocycles. The van der Waals surface area contributed by atoms with E-state index in [-0.39, 0.29) is 0 Å². The van der Waals surface area contributed by atoms with Gasteiger partial charge in [-0.05, 0) is 37.5 Å². The SMILES string of the molecule is C=C1CC=Cc2c1c1ccccc1n2C1=NC(C)=CCC1. The zero-order valence-electron chi connectivity index (χ0n) is 12.3. The number of benzene rings is 1. The molecule has 2 heteroatoms. The zero-order valence-corrected chi connectivity index (χ0v) is 12.3. The number of aliphatic imine (C=N–C) groups is 1. The Morgan fingerprint density at radius 1 is 1.24 bits per heavy atom. The monoisotopic (exact) mass is 274 g/mol. The Morgan fingerprint density at radius 2 is 2.10 bits per heavy atom. The Kier molecular flexibility index (Phi) is 2.71. The van der Waals surface area contributed by atoms with Crippen LogP contribution in [0.3, 0.4) is 0 Å². The standard InChI is InChI=1S/C19H18N2/c1-13-7-5-11-17-19(13)15-9-3-4-10-16(15)21(17)18-12-6-8-14(2)20-18/h3-5,8-11H,1,6-7,12H2,2H3. The van der Waals surface area contributed by atoms with Crippen molar-refractivity contribution in [1.29, 1.82) is 0 Å². The maximum Gasteiger partial charge on any atom is 0.114 e. The highest BCUT2D eigenvalue weighted by molar-refractivity contribution is 6.06. The van der Waals surface area contributed by atoms with Gasteiger partial charge >= 0.3 is 0 Å². The fourth-order valence-corrected chi connectivity index (χ4v) is 3.36. The summed E-state index contributed by atoms with van der Waals surface area (Å²) in [6.07, 6.45) is 9.62. The van der Waals surface area contributed by atoms with Crippen molar-refractivity contribution in [1.82, 2.24) is 4.57 Å². The molecular weight excluding hydrogens is 256 g/mol. The smallest absolute Gasteiger partial charge is 0.114 e. The number of hydrogen-bond acceptors (Lipinski definition) is 1. The largest absolute Gasteiger partial charge is 0.297 e. The lowest BCUT2D eigenvalue weighted by atomic mass is 9.96. The van der Waals surface area contributed by atoms with Crippen LogP contribution in [0.1, 0.15) is 37.4 Å². The van der Waals surface area contributed by atoms with E-state index in [0.717, 1.165) is 30.8 Å². The third kappa shape index (κ3) is 1.83. The van der Waals surface area contributed by atoms with Gasteiger partial charge in [0.2, 0.25) is 0 Å². The van der Waals surface area contributed by atoms with Crippen LogP contribution in [0.15, 0.2) is 53.7 Å². The van der Waals surface area contributed by atoms with Crippen molar-refractivity contribution in [3.8, 4) is 0 Å². The van der Waals surface area contributed by atoms with E-state index in [1.54, 1.807) is 0 Å². The van der Waals surface area contributed by atoms with Crippen molar-refractivity contribution in [2.75, 3.05) is 0 Å². The lowest BCUT2D eigenvalue weighted by Gasteiger charge is -2.17. The van der Waals surface area contributed by atoms with Crippen molar-refractivity contribution in [2.24, 2.45) is 4.99 Å². The Balaban J connectivity index is 2.08. The lowest BCUT2D eigenvalue weighted by Crippen LogP contribution is -2.16. The van der Waals surface area contributed by atoms with Gasteiger partial charge in [0.15, 0.2) is 0 Å². The molecule has 0 N–H and O–H groups in total. The lowest BCUT2D eigenvalue weighted by molar-refractivity contribution is 0.956. The number of allylic oxidation sites excluding steroid dienone is 4. The molecule has 2 heterocycles. The summed E-state index contributed by atoms with van der Waals surface area (Å²) in [4.78, 5) is 4.79. The molecule has 104 valence electrons. The summed E-state index contributed by atoms with van der Waals surface area (Å²) in [5.74, 6) is 1.15. The highest BCUT2D eigenvalue weighted by Gasteiger charge is 2.22. The topological polar surface area (TPSA) is 17.3 Å². The summed E-state index contributed by atoms with van der Waals surface area (Å²) in [7, 11) is 0. The van der Waals surface area contributed by atoms with Gasteiger partial charge in [0, 0.05) is 23.1 Å². The summed E-state index contributed by atoms with van der Waals surface area (Å²) in [6, 6.07) is 8.58. The van der Waals surface area contributed by atoms with Gasteiger partial charge in [-0.2, -0.15) is 0 Å². The van der Waals surface area contributed by atoms with Gasteiger partial charge in [0.1, 0.15) is 5.84 Å². The Labute approximate surface area is 124 Å². The van der Waals surface area contributed by atoms with Crippen LogP contribution in [0, 0.1) is 0 Å². The molecule has 1 aromatic heterocycles. The highest BCUT2D eigenvalue weighted by atomic mass is 15.1. The second kappa shape index (κ2) is 4.59. The molecule has 0 bridgehead atoms. The molecule has 4 rings (SSSR count). The molecule has 2 aliphatic rings. The van der Waals surface area contributed by atoms with Gasteiger partial charge in [-0.3, -0.25) is 4.57 Å². The van der Waals surface area contributed by atoms with Crippen LogP contribution >= 0.6 is 0 Å². The van der Waals surface area contributed by atoms with E-state index in [2.05, 4.69) is 60.6 Å². The van der Waals surface area contributed by atoms with Gasteiger partial charge in [-0.25, -0.2) is 4.99 Å². The number of para-hydroxylation sites is 1. The van der Waals surface area contributed by atoms with Gasteiger partial charge < -0.3 is 0 Å². The first kappa shape index (κ1) is 12.4. The van der Waals surface area contributed by atoms with Crippen LogP contribution in [0.25, 0.3) is 22.6 Å². The van der Waals surface area contributed by atoms with E-state index >= 15 is 0 Å². The van der Waals surface area contributed by atoms with Crippen molar-refractivity contribution >= 4 is 28.4 Å². The molecule has 0 radical (unpaired) electrons. The molecular formula is C19H18N2. The summed E-state index contributed by atoms with van der Waals surface area (Å²) in [6.45, 7) is 6.34. The molecule has 2 aromatic rings. The number of fused-ring (bicyclic) bond motifs is 3. The molecule has 1 aliphatic carbocycles. The van der Waals surface area contributed by atoms with Crippen LogP contribution in [0.2, 0.25) is 0 Å². The van der Waals surface area contributed by atoms with E-state index in [0.29, 0.717) is 0 Å². The molecule has 0 unspecified atom stereocenters. The number of aromatic nitrogens is 1. The van der Waals surface area contributed by atoms with Crippen LogP contribution in [-0.4, -0.2) is 10.4 Å². The van der Waals surface area contributed by atoms with Gasteiger partial charge in [0.25, 0.3) is 0 Å². The van der Waals surface area contributed by atoms with E-state index in [1.165, 1.54) is 27.7 Å². The fraction of sp³-hybridized carbons (Fsp3) is 0.211. The Morgan fingerprint density at radius 3 is 2.95 bits per heavy atom. The van der Waals surface area contributed by atoms with Crippen LogP contribution in [0.5, 0.6) is 0 Å². The average molecular weight is 274 g/mol. The quantitative estimate of drug-likeness (QED) is 0.642. The maximum absolute atomic E-state index is 4.79. The summed E-state index contributed by atoms with van der Waals surface area (Å²) in [5.41, 5.74) is 6.08. The Bertz CT molecular complexity index is 844. The van der Waals surface area contributed by atoms with Gasteiger partial charge in [-0.15, -0.1) is 0 Å². The molecule has 1 aromatic carbocycles. The second-order valence-electron chi connectivity index (χ2n) is 5.74. The first-order valence-electron chi connectivity index (χ1n) is 7.48. The molecule has 2 nitrogen and oxygen atoms in total. The first-order chi connectivity index (χ1) is 10.3. The predicted octanol–water partition coefficient (Wildman–Crippen LogP) is 5.02. The third-order valence-electron chi connectivity index (χ3n) is 4.28. The second-order valence-corrected chi connectivity index (χ2v) is 5.74. The minimum Gasteiger partial charge on any atom is -0.297 e. The normalized spacial score (nSPS) is 17.7. The minimum atomic E-state index is 0.937. The predicted molar refractivity (Wildman–Crippen MR) is 90.4 cm³/mol. The third-order valence-corrected chi connectivity index (χ3v) is 4.28. The summed E-state index contributed by atoms with van der Waals surface area (Å²) >= 11 is 0. The Hall–Kier alpha value is -2.35. The van der Waals surface area contributed by atoms with Gasteiger partial charge in [-0.1, -0.05) is 36.9 Å². The van der Waals surface area contributed by atoms with Crippen molar-refractivity contribution < 1.29 is 0 Å².